The highest BCUT2D eigenvalue weighted by Crippen LogP contribution is 2.28. The highest BCUT2D eigenvalue weighted by atomic mass is 79.9. The number of halogens is 2. The number of nitrogens with two attached hydrogens (primary N) is 2. The maximum absolute atomic E-state index is 13.4. The first-order chi connectivity index (χ1) is 9.38. The van der Waals surface area contributed by atoms with E-state index in [0.717, 1.165) is 0 Å². The molecule has 7 heteroatoms. The lowest BCUT2D eigenvalue weighted by atomic mass is 10.2. The minimum absolute atomic E-state index is 0.0977. The van der Waals surface area contributed by atoms with E-state index in [-0.39, 0.29) is 11.5 Å². The molecular weight excluding hydrogens is 327 g/mol. The minimum atomic E-state index is -0.648. The Balaban J connectivity index is 2.42. The quantitative estimate of drug-likeness (QED) is 0.801. The molecule has 0 aliphatic carbocycles. The smallest absolute Gasteiger partial charge is 0.267 e. The fourth-order valence-corrected chi connectivity index (χ4v) is 1.96. The minimum Gasteiger partial charge on any atom is -0.396 e. The molecule has 0 unspecified atom stereocenters. The van der Waals surface area contributed by atoms with E-state index in [9.17, 15) is 9.18 Å². The Morgan fingerprint density at radius 1 is 1.40 bits per heavy atom. The number of nitrogens with zero attached hydrogens (tertiary/aromatic N) is 1. The maximum atomic E-state index is 13.4. The second-order valence-electron chi connectivity index (χ2n) is 4.20. The summed E-state index contributed by atoms with van der Waals surface area (Å²) in [6, 6.07) is 5.92. The molecule has 2 aromatic rings. The van der Waals surface area contributed by atoms with Crippen molar-refractivity contribution in [3.63, 3.8) is 0 Å². The number of benzene rings is 1. The first-order valence-corrected chi connectivity index (χ1v) is 6.47. The number of primary amides is 1. The maximum Gasteiger partial charge on any atom is 0.267 e. The average molecular weight is 339 g/mol. The van der Waals surface area contributed by atoms with Gasteiger partial charge in [-0.25, -0.2) is 9.37 Å². The number of nitrogens with one attached hydrogen (secondary N) is 1. The van der Waals surface area contributed by atoms with Gasteiger partial charge in [-0.15, -0.1) is 0 Å². The standard InChI is InChI=1S/C13H12BrFN4O/c1-6-4-8(15)7(14)5-11(6)19-13-9(16)2-3-10(18-13)12(17)20/h2-5H,16H2,1H3,(H2,17,20)(H,18,19). The predicted octanol–water partition coefficient (Wildman–Crippen LogP) is 2.72. The van der Waals surface area contributed by atoms with E-state index in [4.69, 9.17) is 11.5 Å². The van der Waals surface area contributed by atoms with Crippen LogP contribution in [0.25, 0.3) is 0 Å². The number of aryl methyl sites for hydroxylation is 1. The average Bonchev–Trinajstić information content (AvgIpc) is 2.38. The molecule has 1 aromatic carbocycles. The fraction of sp³-hybridized carbons (Fsp3) is 0.0769. The summed E-state index contributed by atoms with van der Waals surface area (Å²) in [5.74, 6) is -0.715. The lowest BCUT2D eigenvalue weighted by Crippen LogP contribution is -2.14. The van der Waals surface area contributed by atoms with E-state index in [1.54, 1.807) is 13.0 Å². The van der Waals surface area contributed by atoms with Crippen LogP contribution in [0.2, 0.25) is 0 Å². The van der Waals surface area contributed by atoms with Crippen molar-refractivity contribution >= 4 is 39.0 Å². The van der Waals surface area contributed by atoms with Crippen molar-refractivity contribution < 1.29 is 9.18 Å². The molecule has 5 nitrogen and oxygen atoms in total. The van der Waals surface area contributed by atoms with Gasteiger partial charge in [0.15, 0.2) is 5.82 Å². The Bertz CT molecular complexity index is 690. The largest absolute Gasteiger partial charge is 0.396 e. The number of carbonyl (C=O) groups is 1. The molecule has 0 atom stereocenters. The molecule has 1 heterocycles. The van der Waals surface area contributed by atoms with Gasteiger partial charge in [-0.2, -0.15) is 0 Å². The van der Waals surface area contributed by atoms with Gasteiger partial charge < -0.3 is 16.8 Å². The Morgan fingerprint density at radius 3 is 2.75 bits per heavy atom. The zero-order valence-electron chi connectivity index (χ0n) is 10.6. The van der Waals surface area contributed by atoms with Crippen molar-refractivity contribution in [3.8, 4) is 0 Å². The highest BCUT2D eigenvalue weighted by molar-refractivity contribution is 9.10. The van der Waals surface area contributed by atoms with Crippen LogP contribution >= 0.6 is 15.9 Å². The first-order valence-electron chi connectivity index (χ1n) is 5.67. The molecule has 5 N–H and O–H groups in total. The Hall–Kier alpha value is -2.15. The van der Waals surface area contributed by atoms with E-state index < -0.39 is 5.91 Å². The topological polar surface area (TPSA) is 94.0 Å². The van der Waals surface area contributed by atoms with Gasteiger partial charge in [0.2, 0.25) is 0 Å². The van der Waals surface area contributed by atoms with Crippen molar-refractivity contribution in [1.29, 1.82) is 0 Å². The Labute approximate surface area is 123 Å². The van der Waals surface area contributed by atoms with E-state index in [0.29, 0.717) is 27.2 Å². The van der Waals surface area contributed by atoms with Crippen LogP contribution < -0.4 is 16.8 Å². The number of aromatic nitrogens is 1. The molecule has 2 rings (SSSR count). The van der Waals surface area contributed by atoms with Gasteiger partial charge in [-0.05, 0) is 52.7 Å². The SMILES string of the molecule is Cc1cc(F)c(Br)cc1Nc1nc(C(N)=O)ccc1N. The van der Waals surface area contributed by atoms with Crippen LogP contribution in [0.3, 0.4) is 0 Å². The molecule has 0 bridgehead atoms. The van der Waals surface area contributed by atoms with Crippen LogP contribution in [-0.4, -0.2) is 10.9 Å². The second-order valence-corrected chi connectivity index (χ2v) is 5.06. The Morgan fingerprint density at radius 2 is 2.10 bits per heavy atom. The summed E-state index contributed by atoms with van der Waals surface area (Å²) < 4.78 is 13.7. The molecule has 1 amide bonds. The van der Waals surface area contributed by atoms with Gasteiger partial charge in [0, 0.05) is 5.69 Å². The van der Waals surface area contributed by atoms with Gasteiger partial charge in [0.05, 0.1) is 10.2 Å². The van der Waals surface area contributed by atoms with Gasteiger partial charge >= 0.3 is 0 Å². The normalized spacial score (nSPS) is 10.3. The molecule has 0 saturated heterocycles. The molecule has 104 valence electrons. The third-order valence-corrected chi connectivity index (χ3v) is 3.31. The summed E-state index contributed by atoms with van der Waals surface area (Å²) in [7, 11) is 0. The molecule has 0 fully saturated rings. The summed E-state index contributed by atoms with van der Waals surface area (Å²) in [6.07, 6.45) is 0. The Kier molecular flexibility index (Phi) is 3.89. The van der Waals surface area contributed by atoms with E-state index in [2.05, 4.69) is 26.2 Å². The van der Waals surface area contributed by atoms with E-state index in [1.165, 1.54) is 18.2 Å². The number of carbonyl (C=O) groups excluding carboxylic acids is 1. The van der Waals surface area contributed by atoms with Crippen LogP contribution in [0, 0.1) is 12.7 Å². The number of anilines is 3. The number of hydrogen-bond acceptors (Lipinski definition) is 4. The zero-order chi connectivity index (χ0) is 14.9. The lowest BCUT2D eigenvalue weighted by molar-refractivity contribution is 0.0996. The van der Waals surface area contributed by atoms with E-state index in [1.807, 2.05) is 0 Å². The number of nitrogen functional groups attached to an aromatic ring is 1. The molecular formula is C13H12BrFN4O. The molecule has 0 radical (unpaired) electrons. The molecule has 0 spiro atoms. The van der Waals surface area contributed by atoms with Crippen molar-refractivity contribution in [1.82, 2.24) is 4.98 Å². The van der Waals surface area contributed by atoms with Gasteiger partial charge in [-0.1, -0.05) is 0 Å². The first kappa shape index (κ1) is 14.3. The van der Waals surface area contributed by atoms with Crippen LogP contribution in [0.15, 0.2) is 28.7 Å². The second kappa shape index (κ2) is 5.46. The lowest BCUT2D eigenvalue weighted by Gasteiger charge is -2.12. The summed E-state index contributed by atoms with van der Waals surface area (Å²) in [4.78, 5) is 15.2. The monoisotopic (exact) mass is 338 g/mol. The van der Waals surface area contributed by atoms with Gasteiger partial charge in [0.1, 0.15) is 11.5 Å². The van der Waals surface area contributed by atoms with Crippen molar-refractivity contribution in [3.05, 3.63) is 45.8 Å². The number of amides is 1. The fourth-order valence-electron chi connectivity index (χ4n) is 1.62. The summed E-state index contributed by atoms with van der Waals surface area (Å²) in [5.41, 5.74) is 12.7. The molecule has 0 saturated carbocycles. The van der Waals surface area contributed by atoms with Gasteiger partial charge in [-0.3, -0.25) is 4.79 Å². The summed E-state index contributed by atoms with van der Waals surface area (Å²) >= 11 is 3.11. The van der Waals surface area contributed by atoms with E-state index >= 15 is 0 Å². The van der Waals surface area contributed by atoms with Crippen molar-refractivity contribution in [2.45, 2.75) is 6.92 Å². The third kappa shape index (κ3) is 2.88. The zero-order valence-corrected chi connectivity index (χ0v) is 12.2. The van der Waals surface area contributed by atoms with Crippen LogP contribution in [0.5, 0.6) is 0 Å². The third-order valence-electron chi connectivity index (χ3n) is 2.70. The summed E-state index contributed by atoms with van der Waals surface area (Å²) in [6.45, 7) is 1.74. The number of hydrogen-bond donors (Lipinski definition) is 3. The molecule has 20 heavy (non-hydrogen) atoms. The van der Waals surface area contributed by atoms with Crippen molar-refractivity contribution in [2.75, 3.05) is 11.1 Å². The summed E-state index contributed by atoms with van der Waals surface area (Å²) in [5, 5.41) is 2.96. The van der Waals surface area contributed by atoms with Crippen LogP contribution in [0.4, 0.5) is 21.6 Å². The number of pyridine rings is 1. The molecule has 0 aliphatic heterocycles. The molecule has 1 aromatic heterocycles. The molecule has 0 aliphatic rings. The number of rotatable bonds is 3. The highest BCUT2D eigenvalue weighted by Gasteiger charge is 2.10. The van der Waals surface area contributed by atoms with Crippen LogP contribution in [-0.2, 0) is 0 Å². The predicted molar refractivity (Wildman–Crippen MR) is 79.3 cm³/mol. The van der Waals surface area contributed by atoms with Gasteiger partial charge in [0.25, 0.3) is 5.91 Å². The van der Waals surface area contributed by atoms with Crippen LogP contribution in [0.1, 0.15) is 16.1 Å². The van der Waals surface area contributed by atoms with Crippen molar-refractivity contribution in [2.24, 2.45) is 5.73 Å².